The van der Waals surface area contributed by atoms with Gasteiger partial charge in [-0.2, -0.15) is 0 Å². The van der Waals surface area contributed by atoms with Gasteiger partial charge >= 0.3 is 5.97 Å². The second-order valence-corrected chi connectivity index (χ2v) is 3.77. The predicted octanol–water partition coefficient (Wildman–Crippen LogP) is 0.979. The molecule has 1 rings (SSSR count). The fourth-order valence-corrected chi connectivity index (χ4v) is 1.46. The Hall–Kier alpha value is -1.91. The Labute approximate surface area is 99.7 Å². The zero-order valence-corrected chi connectivity index (χ0v) is 10.5. The lowest BCUT2D eigenvalue weighted by molar-refractivity contribution is -0.136. The summed E-state index contributed by atoms with van der Waals surface area (Å²) in [6.07, 6.45) is 1.65. The fourth-order valence-electron chi connectivity index (χ4n) is 1.46. The number of carbonyl (C=O) groups excluding carboxylic acids is 1. The average molecular weight is 236 g/mol. The smallest absolute Gasteiger partial charge is 0.333 e. The summed E-state index contributed by atoms with van der Waals surface area (Å²) >= 11 is 0. The van der Waals surface area contributed by atoms with Gasteiger partial charge in [-0.1, -0.05) is 6.08 Å². The molecule has 0 aromatic carbocycles. The zero-order valence-electron chi connectivity index (χ0n) is 10.5. The van der Waals surface area contributed by atoms with E-state index in [1.54, 1.807) is 26.8 Å². The van der Waals surface area contributed by atoms with Gasteiger partial charge in [-0.3, -0.25) is 9.36 Å². The molecule has 92 valence electrons. The Kier molecular flexibility index (Phi) is 4.20. The molecule has 1 aromatic heterocycles. The van der Waals surface area contributed by atoms with Crippen LogP contribution in [0.2, 0.25) is 0 Å². The lowest BCUT2D eigenvalue weighted by Gasteiger charge is -2.07. The molecule has 0 N–H and O–H groups in total. The first-order chi connectivity index (χ1) is 7.95. The van der Waals surface area contributed by atoms with Gasteiger partial charge in [-0.15, -0.1) is 0 Å². The third-order valence-corrected chi connectivity index (χ3v) is 2.41. The zero-order chi connectivity index (χ0) is 13.0. The van der Waals surface area contributed by atoms with E-state index in [0.29, 0.717) is 23.6 Å². The van der Waals surface area contributed by atoms with Crippen molar-refractivity contribution in [2.45, 2.75) is 27.3 Å². The lowest BCUT2D eigenvalue weighted by Crippen LogP contribution is -2.23. The third-order valence-electron chi connectivity index (χ3n) is 2.41. The number of carbonyl (C=O) groups is 1. The van der Waals surface area contributed by atoms with Crippen molar-refractivity contribution in [2.75, 3.05) is 7.11 Å². The van der Waals surface area contributed by atoms with Crippen LogP contribution in [0, 0.1) is 13.8 Å². The molecule has 17 heavy (non-hydrogen) atoms. The number of ether oxygens (including phenoxy) is 1. The third kappa shape index (κ3) is 3.27. The first-order valence-electron chi connectivity index (χ1n) is 5.26. The van der Waals surface area contributed by atoms with E-state index in [1.165, 1.54) is 17.7 Å². The number of methoxy groups -OCH3 is 1. The van der Waals surface area contributed by atoms with Crippen LogP contribution in [0.4, 0.5) is 0 Å². The molecule has 0 aliphatic heterocycles. The molecule has 0 radical (unpaired) electrons. The summed E-state index contributed by atoms with van der Waals surface area (Å²) in [5.74, 6) is 0.236. The van der Waals surface area contributed by atoms with Gasteiger partial charge in [0.05, 0.1) is 7.11 Å². The highest BCUT2D eigenvalue weighted by atomic mass is 16.5. The van der Waals surface area contributed by atoms with E-state index in [4.69, 9.17) is 0 Å². The minimum absolute atomic E-state index is 0.121. The largest absolute Gasteiger partial charge is 0.466 e. The van der Waals surface area contributed by atoms with Crippen LogP contribution >= 0.6 is 0 Å². The van der Waals surface area contributed by atoms with Gasteiger partial charge in [0.2, 0.25) is 0 Å². The van der Waals surface area contributed by atoms with Gasteiger partial charge in [0.25, 0.3) is 5.56 Å². The second kappa shape index (κ2) is 5.43. The van der Waals surface area contributed by atoms with Crippen molar-refractivity contribution >= 4 is 5.97 Å². The van der Waals surface area contributed by atoms with Gasteiger partial charge in [0.15, 0.2) is 0 Å². The van der Waals surface area contributed by atoms with Crippen LogP contribution in [0.15, 0.2) is 22.5 Å². The van der Waals surface area contributed by atoms with Crippen LogP contribution < -0.4 is 5.56 Å². The number of nitrogens with zero attached hydrogens (tertiary/aromatic N) is 2. The summed E-state index contributed by atoms with van der Waals surface area (Å²) in [5.41, 5.74) is 1.04. The molecule has 0 fully saturated rings. The summed E-state index contributed by atoms with van der Waals surface area (Å²) in [6.45, 7) is 5.50. The molecule has 0 atom stereocenters. The molecular formula is C12H16N2O3. The molecule has 5 heteroatoms. The summed E-state index contributed by atoms with van der Waals surface area (Å²) in [4.78, 5) is 27.0. The highest BCUT2D eigenvalue weighted by Crippen LogP contribution is 1.99. The minimum Gasteiger partial charge on any atom is -0.466 e. The summed E-state index contributed by atoms with van der Waals surface area (Å²) < 4.78 is 6.07. The summed E-state index contributed by atoms with van der Waals surface area (Å²) in [6, 6.07) is 1.47. The topological polar surface area (TPSA) is 61.2 Å². The number of hydrogen-bond donors (Lipinski definition) is 0. The Morgan fingerprint density at radius 2 is 2.18 bits per heavy atom. The maximum Gasteiger partial charge on any atom is 0.333 e. The van der Waals surface area contributed by atoms with Gasteiger partial charge in [-0.05, 0) is 20.8 Å². The first kappa shape index (κ1) is 13.2. The van der Waals surface area contributed by atoms with Crippen molar-refractivity contribution in [3.63, 3.8) is 0 Å². The summed E-state index contributed by atoms with van der Waals surface area (Å²) in [5, 5.41) is 0. The highest BCUT2D eigenvalue weighted by Gasteiger charge is 2.04. The molecular weight excluding hydrogens is 220 g/mol. The number of hydrogen-bond acceptors (Lipinski definition) is 4. The van der Waals surface area contributed by atoms with Gasteiger partial charge in [0.1, 0.15) is 5.82 Å². The molecule has 1 aromatic rings. The number of allylic oxidation sites excluding steroid dienone is 1. The van der Waals surface area contributed by atoms with Gasteiger partial charge in [-0.25, -0.2) is 9.78 Å². The van der Waals surface area contributed by atoms with Crippen LogP contribution in [0.5, 0.6) is 0 Å². The molecule has 0 aliphatic carbocycles. The Morgan fingerprint density at radius 3 is 2.71 bits per heavy atom. The van der Waals surface area contributed by atoms with Crippen LogP contribution in [0.25, 0.3) is 0 Å². The number of aryl methyl sites for hydroxylation is 2. The first-order valence-corrected chi connectivity index (χ1v) is 5.26. The van der Waals surface area contributed by atoms with E-state index in [1.807, 2.05) is 0 Å². The molecule has 5 nitrogen and oxygen atoms in total. The highest BCUT2D eigenvalue weighted by molar-refractivity contribution is 5.87. The monoisotopic (exact) mass is 236 g/mol. The average Bonchev–Trinajstić information content (AvgIpc) is 2.26. The second-order valence-electron chi connectivity index (χ2n) is 3.77. The fraction of sp³-hybridized carbons (Fsp3) is 0.417. The molecule has 0 aliphatic rings. The maximum atomic E-state index is 11.7. The van der Waals surface area contributed by atoms with E-state index in [0.717, 1.165) is 0 Å². The van der Waals surface area contributed by atoms with Gasteiger partial charge in [0, 0.05) is 23.9 Å². The van der Waals surface area contributed by atoms with Gasteiger partial charge < -0.3 is 4.74 Å². The van der Waals surface area contributed by atoms with E-state index >= 15 is 0 Å². The number of rotatable bonds is 3. The molecule has 1 heterocycles. The van der Waals surface area contributed by atoms with Crippen LogP contribution in [-0.4, -0.2) is 22.6 Å². The van der Waals surface area contributed by atoms with Crippen molar-refractivity contribution in [2.24, 2.45) is 0 Å². The minimum atomic E-state index is -0.393. The van der Waals surface area contributed by atoms with Crippen molar-refractivity contribution in [3.8, 4) is 0 Å². The molecule has 0 bridgehead atoms. The van der Waals surface area contributed by atoms with E-state index in [9.17, 15) is 9.59 Å². The number of esters is 1. The molecule has 0 saturated carbocycles. The summed E-state index contributed by atoms with van der Waals surface area (Å²) in [7, 11) is 1.32. The van der Waals surface area contributed by atoms with Crippen molar-refractivity contribution in [1.82, 2.24) is 9.55 Å². The lowest BCUT2D eigenvalue weighted by atomic mass is 10.3. The Bertz CT molecular complexity index is 515. The van der Waals surface area contributed by atoms with E-state index in [-0.39, 0.29) is 5.56 Å². The SMILES string of the molecule is COC(=O)C(C)=CCn1c(C)nc(C)cc1=O. The molecule has 0 amide bonds. The Morgan fingerprint density at radius 1 is 1.53 bits per heavy atom. The standard InChI is InChI=1S/C12H16N2O3/c1-8(12(16)17-4)5-6-14-10(3)13-9(2)7-11(14)15/h5,7H,6H2,1-4H3. The predicted molar refractivity (Wildman–Crippen MR) is 63.7 cm³/mol. The van der Waals surface area contributed by atoms with E-state index < -0.39 is 5.97 Å². The molecule has 0 unspecified atom stereocenters. The van der Waals surface area contributed by atoms with Crippen LogP contribution in [0.3, 0.4) is 0 Å². The van der Waals surface area contributed by atoms with Crippen molar-refractivity contribution in [1.29, 1.82) is 0 Å². The Balaban J connectivity index is 2.98. The van der Waals surface area contributed by atoms with E-state index in [2.05, 4.69) is 9.72 Å². The molecule has 0 saturated heterocycles. The maximum absolute atomic E-state index is 11.7. The van der Waals surface area contributed by atoms with Crippen LogP contribution in [0.1, 0.15) is 18.4 Å². The molecule has 0 spiro atoms. The quantitative estimate of drug-likeness (QED) is 0.579. The van der Waals surface area contributed by atoms with Crippen molar-refractivity contribution < 1.29 is 9.53 Å². The van der Waals surface area contributed by atoms with Crippen LogP contribution in [-0.2, 0) is 16.1 Å². The number of aromatic nitrogens is 2. The van der Waals surface area contributed by atoms with Crippen molar-refractivity contribution in [3.05, 3.63) is 39.6 Å². The normalized spacial score (nSPS) is 11.4.